The third-order valence-electron chi connectivity index (χ3n) is 5.80. The van der Waals surface area contributed by atoms with E-state index >= 15 is 0 Å². The average molecular weight is 329 g/mol. The van der Waals surface area contributed by atoms with E-state index in [2.05, 4.69) is 41.2 Å². The predicted octanol–water partition coefficient (Wildman–Crippen LogP) is 4.29. The molecule has 2 nitrogen and oxygen atoms in total. The predicted molar refractivity (Wildman–Crippen MR) is 100 cm³/mol. The highest BCUT2D eigenvalue weighted by Crippen LogP contribution is 2.40. The van der Waals surface area contributed by atoms with Crippen molar-refractivity contribution in [3.8, 4) is 12.3 Å². The van der Waals surface area contributed by atoms with Crippen molar-refractivity contribution in [1.82, 2.24) is 4.90 Å². The Hall–Kier alpha value is -2.37. The maximum atomic E-state index is 12.9. The van der Waals surface area contributed by atoms with E-state index in [0.717, 1.165) is 30.5 Å². The molecule has 126 valence electrons. The minimum atomic E-state index is 0.154. The fraction of sp³-hybridized carbons (Fsp3) is 0.348. The Kier molecular flexibility index (Phi) is 4.42. The topological polar surface area (TPSA) is 20.3 Å². The second kappa shape index (κ2) is 6.86. The minimum Gasteiger partial charge on any atom is -0.294 e. The van der Waals surface area contributed by atoms with Crippen LogP contribution in [-0.4, -0.2) is 22.8 Å². The van der Waals surface area contributed by atoms with E-state index in [9.17, 15) is 4.79 Å². The lowest BCUT2D eigenvalue weighted by molar-refractivity contribution is 0.0678. The monoisotopic (exact) mass is 329 g/mol. The summed E-state index contributed by atoms with van der Waals surface area (Å²) in [6.45, 7) is 1.01. The van der Waals surface area contributed by atoms with Crippen LogP contribution in [0.4, 0.5) is 0 Å². The number of terminal acetylenes is 1. The Morgan fingerprint density at radius 3 is 2.24 bits per heavy atom. The van der Waals surface area contributed by atoms with Crippen molar-refractivity contribution in [3.63, 3.8) is 0 Å². The molecule has 2 aliphatic heterocycles. The van der Waals surface area contributed by atoms with Gasteiger partial charge in [0.2, 0.25) is 0 Å². The van der Waals surface area contributed by atoms with E-state index in [1.807, 2.05) is 24.3 Å². The molecule has 2 aliphatic rings. The van der Waals surface area contributed by atoms with Crippen molar-refractivity contribution < 1.29 is 4.79 Å². The molecule has 0 radical (unpaired) electrons. The molecule has 2 heterocycles. The van der Waals surface area contributed by atoms with Gasteiger partial charge in [0.15, 0.2) is 5.78 Å². The zero-order valence-corrected chi connectivity index (χ0v) is 14.4. The first-order valence-electron chi connectivity index (χ1n) is 9.15. The molecule has 25 heavy (non-hydrogen) atoms. The lowest BCUT2D eigenvalue weighted by Crippen LogP contribution is -2.44. The van der Waals surface area contributed by atoms with Crippen LogP contribution in [0.15, 0.2) is 54.6 Å². The fourth-order valence-electron chi connectivity index (χ4n) is 4.51. The quantitative estimate of drug-likeness (QED) is 0.616. The lowest BCUT2D eigenvalue weighted by atomic mass is 9.84. The summed E-state index contributed by atoms with van der Waals surface area (Å²) in [6.07, 6.45) is 9.81. The van der Waals surface area contributed by atoms with E-state index in [1.165, 1.54) is 18.4 Å². The number of hydrogen-bond acceptors (Lipinski definition) is 2. The summed E-state index contributed by atoms with van der Waals surface area (Å²) in [7, 11) is 0. The summed E-state index contributed by atoms with van der Waals surface area (Å²) >= 11 is 0. The van der Waals surface area contributed by atoms with Crippen LogP contribution in [0.25, 0.3) is 0 Å². The first-order chi connectivity index (χ1) is 12.2. The zero-order chi connectivity index (χ0) is 17.2. The van der Waals surface area contributed by atoms with Crippen LogP contribution in [0.2, 0.25) is 0 Å². The molecule has 0 N–H and O–H groups in total. The van der Waals surface area contributed by atoms with Gasteiger partial charge in [0.1, 0.15) is 0 Å². The number of rotatable bonds is 4. The van der Waals surface area contributed by atoms with Crippen molar-refractivity contribution in [3.05, 3.63) is 71.3 Å². The number of hydrogen-bond donors (Lipinski definition) is 0. The molecule has 2 unspecified atom stereocenters. The van der Waals surface area contributed by atoms with Gasteiger partial charge in [0, 0.05) is 35.7 Å². The molecule has 2 atom stereocenters. The van der Waals surface area contributed by atoms with Crippen LogP contribution in [0.3, 0.4) is 0 Å². The van der Waals surface area contributed by atoms with Crippen molar-refractivity contribution in [1.29, 1.82) is 0 Å². The number of piperidine rings is 1. The Bertz CT molecular complexity index is 773. The molecule has 0 saturated carbocycles. The van der Waals surface area contributed by atoms with Crippen molar-refractivity contribution >= 4 is 5.78 Å². The molecule has 0 aromatic heterocycles. The summed E-state index contributed by atoms with van der Waals surface area (Å²) in [5.74, 6) is 3.05. The van der Waals surface area contributed by atoms with Crippen LogP contribution in [-0.2, 0) is 6.54 Å². The maximum absolute atomic E-state index is 12.9. The largest absolute Gasteiger partial charge is 0.294 e. The molecule has 4 rings (SSSR count). The molecule has 2 aromatic rings. The second-order valence-electron chi connectivity index (χ2n) is 7.30. The van der Waals surface area contributed by atoms with Crippen molar-refractivity contribution in [2.24, 2.45) is 5.92 Å². The first-order valence-corrected chi connectivity index (χ1v) is 9.15. The van der Waals surface area contributed by atoms with Gasteiger partial charge in [-0.25, -0.2) is 0 Å². The Balaban J connectivity index is 1.45. The average Bonchev–Trinajstić information content (AvgIpc) is 2.90. The van der Waals surface area contributed by atoms with E-state index in [1.54, 1.807) is 0 Å². The fourth-order valence-corrected chi connectivity index (χ4v) is 4.51. The van der Waals surface area contributed by atoms with Crippen LogP contribution in [0.1, 0.15) is 47.2 Å². The van der Waals surface area contributed by atoms with Gasteiger partial charge in [-0.1, -0.05) is 48.4 Å². The number of fused-ring (bicyclic) bond motifs is 2. The number of Topliss-reactive ketones (excluding diaryl/α,β-unsaturated/α-hetero) is 1. The van der Waals surface area contributed by atoms with E-state index in [4.69, 9.17) is 6.42 Å². The van der Waals surface area contributed by atoms with Gasteiger partial charge in [-0.15, -0.1) is 6.42 Å². The first kappa shape index (κ1) is 16.1. The summed E-state index contributed by atoms with van der Waals surface area (Å²) < 4.78 is 0. The van der Waals surface area contributed by atoms with Gasteiger partial charge in [-0.3, -0.25) is 9.69 Å². The Morgan fingerprint density at radius 1 is 1.00 bits per heavy atom. The smallest absolute Gasteiger partial charge is 0.166 e. The number of ketones is 1. The summed E-state index contributed by atoms with van der Waals surface area (Å²) in [4.78, 5) is 15.5. The highest BCUT2D eigenvalue weighted by atomic mass is 16.1. The normalized spacial score (nSPS) is 25.5. The molecule has 2 bridgehead atoms. The van der Waals surface area contributed by atoms with E-state index in [0.29, 0.717) is 17.9 Å². The number of benzene rings is 2. The zero-order valence-electron chi connectivity index (χ0n) is 14.4. The molecular weight excluding hydrogens is 306 g/mol. The molecule has 0 aliphatic carbocycles. The number of carbonyl (C=O) groups excluding carboxylic acids is 1. The van der Waals surface area contributed by atoms with Crippen LogP contribution in [0, 0.1) is 18.3 Å². The van der Waals surface area contributed by atoms with Crippen LogP contribution in [0.5, 0.6) is 0 Å². The van der Waals surface area contributed by atoms with Gasteiger partial charge in [0.05, 0.1) is 0 Å². The maximum Gasteiger partial charge on any atom is 0.166 e. The van der Waals surface area contributed by atoms with Gasteiger partial charge < -0.3 is 0 Å². The summed E-state index contributed by atoms with van der Waals surface area (Å²) in [5, 5.41) is 0. The third kappa shape index (κ3) is 3.25. The molecule has 0 spiro atoms. The molecule has 2 fully saturated rings. The highest BCUT2D eigenvalue weighted by molar-refractivity contribution is 5.98. The van der Waals surface area contributed by atoms with E-state index < -0.39 is 0 Å². The number of nitrogens with zero attached hydrogens (tertiary/aromatic N) is 1. The highest BCUT2D eigenvalue weighted by Gasteiger charge is 2.42. The second-order valence-corrected chi connectivity index (χ2v) is 7.30. The Morgan fingerprint density at radius 2 is 1.64 bits per heavy atom. The molecule has 2 heteroatoms. The minimum absolute atomic E-state index is 0.154. The molecule has 2 aromatic carbocycles. The summed E-state index contributed by atoms with van der Waals surface area (Å²) in [6, 6.07) is 19.3. The van der Waals surface area contributed by atoms with Gasteiger partial charge in [-0.2, -0.15) is 0 Å². The van der Waals surface area contributed by atoms with Crippen LogP contribution < -0.4 is 0 Å². The SMILES string of the molecule is C#Cc1ccc(C(=O)C2CC3CCC(C2)N3Cc2ccccc2)cc1. The standard InChI is InChI=1S/C23H23NO/c1-2-17-8-10-19(11-9-17)23(25)20-14-21-12-13-22(15-20)24(21)16-18-6-4-3-5-7-18/h1,3-11,20-22H,12-16H2. The summed E-state index contributed by atoms with van der Waals surface area (Å²) in [5.41, 5.74) is 3.00. The molecular formula is C23H23NO. The van der Waals surface area contributed by atoms with E-state index in [-0.39, 0.29) is 5.92 Å². The molecule has 2 saturated heterocycles. The van der Waals surface area contributed by atoms with Crippen LogP contribution >= 0.6 is 0 Å². The van der Waals surface area contributed by atoms with Crippen molar-refractivity contribution in [2.75, 3.05) is 0 Å². The lowest BCUT2D eigenvalue weighted by Gasteiger charge is -2.38. The van der Waals surface area contributed by atoms with Gasteiger partial charge in [-0.05, 0) is 43.4 Å². The van der Waals surface area contributed by atoms with Gasteiger partial charge in [0.25, 0.3) is 0 Å². The Labute approximate surface area is 149 Å². The van der Waals surface area contributed by atoms with Crippen molar-refractivity contribution in [2.45, 2.75) is 44.3 Å². The number of carbonyl (C=O) groups is 1. The third-order valence-corrected chi connectivity index (χ3v) is 5.80. The molecule has 0 amide bonds. The van der Waals surface area contributed by atoms with Gasteiger partial charge >= 0.3 is 0 Å².